The lowest BCUT2D eigenvalue weighted by molar-refractivity contribution is 0.0937. The minimum atomic E-state index is -3.81. The van der Waals surface area contributed by atoms with Gasteiger partial charge in [0.2, 0.25) is 10.0 Å². The van der Waals surface area contributed by atoms with Crippen LogP contribution in [0.1, 0.15) is 49.0 Å². The number of amides is 1. The average Bonchev–Trinajstić information content (AvgIpc) is 2.35. The van der Waals surface area contributed by atoms with Crippen LogP contribution in [-0.2, 0) is 10.0 Å². The quantitative estimate of drug-likeness (QED) is 0.841. The lowest BCUT2D eigenvalue weighted by Crippen LogP contribution is -2.32. The van der Waals surface area contributed by atoms with E-state index in [2.05, 4.69) is 12.2 Å². The van der Waals surface area contributed by atoms with Crippen LogP contribution < -0.4 is 10.5 Å². The van der Waals surface area contributed by atoms with Gasteiger partial charge in [0, 0.05) is 11.6 Å². The summed E-state index contributed by atoms with van der Waals surface area (Å²) in [5.74, 6) is -0.279. The Bertz CT molecular complexity index is 582. The van der Waals surface area contributed by atoms with Crippen molar-refractivity contribution in [2.45, 2.75) is 51.0 Å². The molecule has 0 heterocycles. The molecule has 1 atom stereocenters. The zero-order chi connectivity index (χ0) is 15.3. The highest BCUT2D eigenvalue weighted by Gasteiger charge is 2.16. The van der Waals surface area contributed by atoms with Gasteiger partial charge < -0.3 is 5.32 Å². The number of sulfonamides is 1. The first-order chi connectivity index (χ1) is 9.25. The number of carbonyl (C=O) groups excluding carboxylic acids is 1. The average molecular weight is 298 g/mol. The lowest BCUT2D eigenvalue weighted by atomic mass is 10.1. The van der Waals surface area contributed by atoms with Crippen molar-refractivity contribution < 1.29 is 13.2 Å². The van der Waals surface area contributed by atoms with E-state index in [-0.39, 0.29) is 16.8 Å². The van der Waals surface area contributed by atoms with Gasteiger partial charge in [0.05, 0.1) is 4.90 Å². The van der Waals surface area contributed by atoms with Gasteiger partial charge in [-0.25, -0.2) is 13.6 Å². The Labute approximate surface area is 120 Å². The molecule has 6 heteroatoms. The third-order valence-corrected chi connectivity index (χ3v) is 4.18. The second-order valence-corrected chi connectivity index (χ2v) is 6.57. The molecule has 1 rings (SSSR count). The standard InChI is InChI=1S/C14H22N2O3S/c1-4-5-6-11(3)16-14(17)12-8-7-10(2)13(9-12)20(15,18)19/h7-9,11H,4-6H2,1-3H3,(H,16,17)(H2,15,18,19). The second-order valence-electron chi connectivity index (χ2n) is 5.04. The van der Waals surface area contributed by atoms with Crippen molar-refractivity contribution in [1.29, 1.82) is 0 Å². The number of hydrogen-bond acceptors (Lipinski definition) is 3. The molecule has 0 aliphatic carbocycles. The number of nitrogens with two attached hydrogens (primary N) is 1. The van der Waals surface area contributed by atoms with E-state index < -0.39 is 10.0 Å². The summed E-state index contributed by atoms with van der Waals surface area (Å²) in [4.78, 5) is 12.1. The number of carbonyl (C=O) groups is 1. The van der Waals surface area contributed by atoms with Crippen molar-refractivity contribution in [1.82, 2.24) is 5.32 Å². The van der Waals surface area contributed by atoms with Gasteiger partial charge in [-0.1, -0.05) is 25.8 Å². The van der Waals surface area contributed by atoms with Gasteiger partial charge in [-0.3, -0.25) is 4.79 Å². The van der Waals surface area contributed by atoms with Gasteiger partial charge in [0.15, 0.2) is 0 Å². The van der Waals surface area contributed by atoms with Crippen LogP contribution in [-0.4, -0.2) is 20.4 Å². The molecular formula is C14H22N2O3S. The molecule has 1 unspecified atom stereocenters. The van der Waals surface area contributed by atoms with E-state index in [1.807, 2.05) is 6.92 Å². The molecular weight excluding hydrogens is 276 g/mol. The summed E-state index contributed by atoms with van der Waals surface area (Å²) in [5.41, 5.74) is 0.839. The molecule has 0 aliphatic heterocycles. The van der Waals surface area contributed by atoms with E-state index in [9.17, 15) is 13.2 Å². The molecule has 1 aromatic carbocycles. The fraction of sp³-hybridized carbons (Fsp3) is 0.500. The Morgan fingerprint density at radius 3 is 2.60 bits per heavy atom. The molecule has 1 amide bonds. The summed E-state index contributed by atoms with van der Waals surface area (Å²) in [6, 6.07) is 4.57. The zero-order valence-corrected chi connectivity index (χ0v) is 13.0. The maximum atomic E-state index is 12.1. The molecule has 5 nitrogen and oxygen atoms in total. The highest BCUT2D eigenvalue weighted by atomic mass is 32.2. The summed E-state index contributed by atoms with van der Waals surface area (Å²) in [6.45, 7) is 5.67. The van der Waals surface area contributed by atoms with Crippen molar-refractivity contribution in [3.8, 4) is 0 Å². The Balaban J connectivity index is 2.90. The van der Waals surface area contributed by atoms with Crippen molar-refractivity contribution in [2.75, 3.05) is 0 Å². The fourth-order valence-electron chi connectivity index (χ4n) is 1.94. The normalized spacial score (nSPS) is 13.0. The van der Waals surface area contributed by atoms with Gasteiger partial charge in [0.25, 0.3) is 5.91 Å². The minimum absolute atomic E-state index is 0.00800. The van der Waals surface area contributed by atoms with Crippen LogP contribution in [0.15, 0.2) is 23.1 Å². The summed E-state index contributed by atoms with van der Waals surface area (Å²) >= 11 is 0. The monoisotopic (exact) mass is 298 g/mol. The summed E-state index contributed by atoms with van der Waals surface area (Å²) in [5, 5.41) is 7.99. The van der Waals surface area contributed by atoms with Crippen LogP contribution in [0.3, 0.4) is 0 Å². The molecule has 0 aromatic heterocycles. The number of aryl methyl sites for hydroxylation is 1. The van der Waals surface area contributed by atoms with Gasteiger partial charge in [-0.05, 0) is 38.0 Å². The van der Waals surface area contributed by atoms with E-state index in [4.69, 9.17) is 5.14 Å². The molecule has 0 saturated heterocycles. The molecule has 3 N–H and O–H groups in total. The van der Waals surface area contributed by atoms with E-state index in [1.54, 1.807) is 19.1 Å². The Hall–Kier alpha value is -1.40. The maximum absolute atomic E-state index is 12.1. The third-order valence-electron chi connectivity index (χ3n) is 3.13. The molecule has 0 spiro atoms. The van der Waals surface area contributed by atoms with Crippen LogP contribution in [0.4, 0.5) is 0 Å². The Morgan fingerprint density at radius 1 is 1.40 bits per heavy atom. The predicted molar refractivity (Wildman–Crippen MR) is 79.0 cm³/mol. The van der Waals surface area contributed by atoms with Crippen molar-refractivity contribution in [3.63, 3.8) is 0 Å². The molecule has 1 aromatic rings. The first-order valence-corrected chi connectivity index (χ1v) is 8.24. The third kappa shape index (κ3) is 4.61. The van der Waals surface area contributed by atoms with Crippen molar-refractivity contribution in [2.24, 2.45) is 5.14 Å². The van der Waals surface area contributed by atoms with E-state index >= 15 is 0 Å². The van der Waals surface area contributed by atoms with Crippen LogP contribution in [0.25, 0.3) is 0 Å². The van der Waals surface area contributed by atoms with E-state index in [0.29, 0.717) is 11.1 Å². The summed E-state index contributed by atoms with van der Waals surface area (Å²) < 4.78 is 22.9. The molecule has 20 heavy (non-hydrogen) atoms. The van der Waals surface area contributed by atoms with Gasteiger partial charge in [0.1, 0.15) is 0 Å². The number of benzene rings is 1. The van der Waals surface area contributed by atoms with Crippen molar-refractivity contribution >= 4 is 15.9 Å². The number of hydrogen-bond donors (Lipinski definition) is 2. The van der Waals surface area contributed by atoms with E-state index in [0.717, 1.165) is 19.3 Å². The predicted octanol–water partition coefficient (Wildman–Crippen LogP) is 1.95. The van der Waals surface area contributed by atoms with Gasteiger partial charge >= 0.3 is 0 Å². The smallest absolute Gasteiger partial charge is 0.251 e. The van der Waals surface area contributed by atoms with Crippen LogP contribution >= 0.6 is 0 Å². The van der Waals surface area contributed by atoms with E-state index in [1.165, 1.54) is 6.07 Å². The molecule has 0 aliphatic rings. The molecule has 0 saturated carbocycles. The molecule has 0 fully saturated rings. The summed E-state index contributed by atoms with van der Waals surface area (Å²) in [7, 11) is -3.81. The molecule has 112 valence electrons. The number of nitrogens with one attached hydrogen (secondary N) is 1. The fourth-order valence-corrected chi connectivity index (χ4v) is 2.75. The first kappa shape index (κ1) is 16.7. The van der Waals surface area contributed by atoms with Gasteiger partial charge in [-0.15, -0.1) is 0 Å². The number of rotatable bonds is 6. The largest absolute Gasteiger partial charge is 0.350 e. The molecule has 0 radical (unpaired) electrons. The second kappa shape index (κ2) is 6.85. The van der Waals surface area contributed by atoms with Crippen LogP contribution in [0.2, 0.25) is 0 Å². The minimum Gasteiger partial charge on any atom is -0.350 e. The summed E-state index contributed by atoms with van der Waals surface area (Å²) in [6.07, 6.45) is 3.01. The topological polar surface area (TPSA) is 89.3 Å². The Morgan fingerprint density at radius 2 is 2.05 bits per heavy atom. The van der Waals surface area contributed by atoms with Crippen LogP contribution in [0, 0.1) is 6.92 Å². The zero-order valence-electron chi connectivity index (χ0n) is 12.1. The lowest BCUT2D eigenvalue weighted by Gasteiger charge is -2.14. The SMILES string of the molecule is CCCCC(C)NC(=O)c1ccc(C)c(S(N)(=O)=O)c1. The maximum Gasteiger partial charge on any atom is 0.251 e. The number of primary sulfonamides is 1. The highest BCUT2D eigenvalue weighted by Crippen LogP contribution is 2.16. The Kier molecular flexibility index (Phi) is 5.71. The van der Waals surface area contributed by atoms with Gasteiger partial charge in [-0.2, -0.15) is 0 Å². The molecule has 0 bridgehead atoms. The van der Waals surface area contributed by atoms with Crippen LogP contribution in [0.5, 0.6) is 0 Å². The van der Waals surface area contributed by atoms with Crippen molar-refractivity contribution in [3.05, 3.63) is 29.3 Å². The highest BCUT2D eigenvalue weighted by molar-refractivity contribution is 7.89. The number of unbranched alkanes of at least 4 members (excludes halogenated alkanes) is 1. The first-order valence-electron chi connectivity index (χ1n) is 6.70.